The molecule has 1 unspecified atom stereocenters. The Bertz CT molecular complexity index is 387. The molecule has 1 aliphatic rings. The monoisotopic (exact) mass is 190 g/mol. The summed E-state index contributed by atoms with van der Waals surface area (Å²) in [6, 6.07) is 8.55. The highest BCUT2D eigenvalue weighted by molar-refractivity contribution is 5.74. The van der Waals surface area contributed by atoms with Gasteiger partial charge in [0.2, 0.25) is 0 Å². The summed E-state index contributed by atoms with van der Waals surface area (Å²) in [7, 11) is 0. The topological polar surface area (TPSA) is 47.6 Å². The molecule has 3 nitrogen and oxygen atoms in total. The number of hydrogen-bond donors (Lipinski definition) is 1. The Morgan fingerprint density at radius 2 is 2.29 bits per heavy atom. The molecule has 0 amide bonds. The second-order valence-corrected chi connectivity index (χ2v) is 3.88. The van der Waals surface area contributed by atoms with Crippen LogP contribution in [-0.4, -0.2) is 12.6 Å². The summed E-state index contributed by atoms with van der Waals surface area (Å²) in [5.74, 6) is 0. The quantitative estimate of drug-likeness (QED) is 0.730. The fraction of sp³-hybridized carbons (Fsp3) is 0.364. The summed E-state index contributed by atoms with van der Waals surface area (Å²) < 4.78 is 5.19. The van der Waals surface area contributed by atoms with E-state index in [0.29, 0.717) is 6.61 Å². The van der Waals surface area contributed by atoms with Crippen LogP contribution in [0.25, 0.3) is 0 Å². The Morgan fingerprint density at radius 1 is 1.50 bits per heavy atom. The normalized spacial score (nSPS) is 25.7. The molecule has 0 spiro atoms. The molecule has 0 fully saturated rings. The van der Waals surface area contributed by atoms with E-state index in [0.717, 1.165) is 5.56 Å². The van der Waals surface area contributed by atoms with Gasteiger partial charge in [0.1, 0.15) is 12.1 Å². The first kappa shape index (κ1) is 9.06. The number of rotatable bonds is 1. The van der Waals surface area contributed by atoms with E-state index in [-0.39, 0.29) is 11.6 Å². The molecule has 0 radical (unpaired) electrons. The molecule has 14 heavy (non-hydrogen) atoms. The van der Waals surface area contributed by atoms with Crippen molar-refractivity contribution in [3.05, 3.63) is 35.4 Å². The number of amidine groups is 1. The van der Waals surface area contributed by atoms with Gasteiger partial charge in [-0.2, -0.15) is 0 Å². The van der Waals surface area contributed by atoms with Crippen molar-refractivity contribution in [2.75, 3.05) is 6.61 Å². The first-order valence-corrected chi connectivity index (χ1v) is 4.65. The van der Waals surface area contributed by atoms with Gasteiger partial charge < -0.3 is 10.5 Å². The Balaban J connectivity index is 2.40. The fourth-order valence-electron chi connectivity index (χ4n) is 1.65. The highest BCUT2D eigenvalue weighted by atomic mass is 16.5. The number of benzene rings is 1. The molecule has 0 aliphatic carbocycles. The third kappa shape index (κ3) is 1.45. The van der Waals surface area contributed by atoms with Crippen molar-refractivity contribution in [1.29, 1.82) is 0 Å². The molecule has 1 aliphatic heterocycles. The van der Waals surface area contributed by atoms with E-state index in [2.05, 4.69) is 30.1 Å². The van der Waals surface area contributed by atoms with Gasteiger partial charge in [0.25, 0.3) is 6.02 Å². The summed E-state index contributed by atoms with van der Waals surface area (Å²) in [6.07, 6.45) is 0. The van der Waals surface area contributed by atoms with E-state index < -0.39 is 0 Å². The smallest absolute Gasteiger partial charge is 0.283 e. The van der Waals surface area contributed by atoms with Gasteiger partial charge >= 0.3 is 0 Å². The average molecular weight is 190 g/mol. The molecular weight excluding hydrogens is 176 g/mol. The zero-order chi connectivity index (χ0) is 10.2. The summed E-state index contributed by atoms with van der Waals surface area (Å²) >= 11 is 0. The molecule has 0 saturated heterocycles. The summed E-state index contributed by atoms with van der Waals surface area (Å²) in [6.45, 7) is 4.62. The van der Waals surface area contributed by atoms with Gasteiger partial charge in [-0.3, -0.25) is 0 Å². The van der Waals surface area contributed by atoms with Crippen LogP contribution in [-0.2, 0) is 10.3 Å². The Hall–Kier alpha value is -1.51. The van der Waals surface area contributed by atoms with Crippen LogP contribution >= 0.6 is 0 Å². The molecule has 0 aromatic heterocycles. The third-order valence-electron chi connectivity index (χ3n) is 2.50. The highest BCUT2D eigenvalue weighted by Crippen LogP contribution is 2.29. The summed E-state index contributed by atoms with van der Waals surface area (Å²) in [4.78, 5) is 4.30. The van der Waals surface area contributed by atoms with Crippen LogP contribution in [0.3, 0.4) is 0 Å². The Morgan fingerprint density at radius 3 is 2.86 bits per heavy atom. The van der Waals surface area contributed by atoms with E-state index in [1.54, 1.807) is 0 Å². The van der Waals surface area contributed by atoms with Gasteiger partial charge in [-0.05, 0) is 19.4 Å². The maximum absolute atomic E-state index is 5.51. The lowest BCUT2D eigenvalue weighted by atomic mass is 9.93. The maximum Gasteiger partial charge on any atom is 0.283 e. The third-order valence-corrected chi connectivity index (χ3v) is 2.50. The largest absolute Gasteiger partial charge is 0.462 e. The van der Waals surface area contributed by atoms with Crippen molar-refractivity contribution >= 4 is 6.02 Å². The van der Waals surface area contributed by atoms with Crippen molar-refractivity contribution in [3.63, 3.8) is 0 Å². The Kier molecular flexibility index (Phi) is 1.95. The maximum atomic E-state index is 5.51. The first-order chi connectivity index (χ1) is 6.60. The second kappa shape index (κ2) is 3.01. The number of nitrogens with two attached hydrogens (primary N) is 1. The lowest BCUT2D eigenvalue weighted by Gasteiger charge is -2.18. The van der Waals surface area contributed by atoms with Crippen LogP contribution < -0.4 is 5.73 Å². The minimum atomic E-state index is -0.309. The molecule has 1 heterocycles. The second-order valence-electron chi connectivity index (χ2n) is 3.88. The number of nitrogens with zero attached hydrogens (tertiary/aromatic N) is 1. The van der Waals surface area contributed by atoms with Crippen molar-refractivity contribution in [3.8, 4) is 0 Å². The van der Waals surface area contributed by atoms with Gasteiger partial charge in [0.15, 0.2) is 0 Å². The van der Waals surface area contributed by atoms with Crippen LogP contribution in [0, 0.1) is 6.92 Å². The minimum absolute atomic E-state index is 0.286. The van der Waals surface area contributed by atoms with E-state index in [1.165, 1.54) is 5.56 Å². The van der Waals surface area contributed by atoms with Gasteiger partial charge in [-0.15, -0.1) is 0 Å². The number of aryl methyl sites for hydroxylation is 1. The standard InChI is InChI=1S/C11H14N2O/c1-8-4-3-5-9(6-8)11(2)7-14-10(12)13-11/h3-6H,7H2,1-2H3,(H2,12,13). The zero-order valence-corrected chi connectivity index (χ0v) is 8.45. The number of hydrogen-bond acceptors (Lipinski definition) is 3. The van der Waals surface area contributed by atoms with Crippen LogP contribution in [0.5, 0.6) is 0 Å². The summed E-state index contributed by atoms with van der Waals surface area (Å²) in [5.41, 5.74) is 7.58. The highest BCUT2D eigenvalue weighted by Gasteiger charge is 2.32. The molecule has 1 aromatic carbocycles. The van der Waals surface area contributed by atoms with Crippen LogP contribution in [0.1, 0.15) is 18.1 Å². The molecule has 74 valence electrons. The fourth-order valence-corrected chi connectivity index (χ4v) is 1.65. The van der Waals surface area contributed by atoms with E-state index >= 15 is 0 Å². The minimum Gasteiger partial charge on any atom is -0.462 e. The van der Waals surface area contributed by atoms with E-state index in [9.17, 15) is 0 Å². The molecule has 2 N–H and O–H groups in total. The number of ether oxygens (including phenoxy) is 1. The predicted molar refractivity (Wildman–Crippen MR) is 56.1 cm³/mol. The van der Waals surface area contributed by atoms with Crippen LogP contribution in [0.15, 0.2) is 29.3 Å². The van der Waals surface area contributed by atoms with Gasteiger partial charge in [-0.25, -0.2) is 4.99 Å². The lowest BCUT2D eigenvalue weighted by molar-refractivity contribution is 0.266. The van der Waals surface area contributed by atoms with Crippen molar-refractivity contribution in [2.45, 2.75) is 19.4 Å². The zero-order valence-electron chi connectivity index (χ0n) is 8.45. The van der Waals surface area contributed by atoms with Crippen molar-refractivity contribution < 1.29 is 4.74 Å². The first-order valence-electron chi connectivity index (χ1n) is 4.65. The van der Waals surface area contributed by atoms with E-state index in [1.807, 2.05) is 13.0 Å². The average Bonchev–Trinajstić information content (AvgIpc) is 2.48. The molecular formula is C11H14N2O. The molecule has 0 saturated carbocycles. The lowest BCUT2D eigenvalue weighted by Crippen LogP contribution is -2.20. The van der Waals surface area contributed by atoms with Crippen LogP contribution in [0.4, 0.5) is 0 Å². The number of aliphatic imine (C=N–C) groups is 1. The summed E-state index contributed by atoms with van der Waals surface area (Å²) in [5, 5.41) is 0. The van der Waals surface area contributed by atoms with Gasteiger partial charge in [0.05, 0.1) is 0 Å². The van der Waals surface area contributed by atoms with E-state index in [4.69, 9.17) is 10.5 Å². The molecule has 2 rings (SSSR count). The molecule has 1 aromatic rings. The van der Waals surface area contributed by atoms with Gasteiger partial charge in [-0.1, -0.05) is 29.8 Å². The Labute approximate surface area is 83.6 Å². The molecule has 3 heteroatoms. The van der Waals surface area contributed by atoms with Crippen LogP contribution in [0.2, 0.25) is 0 Å². The predicted octanol–water partition coefficient (Wildman–Crippen LogP) is 1.56. The molecule has 1 atom stereocenters. The molecule has 0 bridgehead atoms. The van der Waals surface area contributed by atoms with Gasteiger partial charge in [0, 0.05) is 0 Å². The van der Waals surface area contributed by atoms with Crippen molar-refractivity contribution in [2.24, 2.45) is 10.7 Å². The SMILES string of the molecule is Cc1cccc(C2(C)COC(N)=N2)c1. The van der Waals surface area contributed by atoms with Crippen molar-refractivity contribution in [1.82, 2.24) is 0 Å².